The van der Waals surface area contributed by atoms with E-state index in [9.17, 15) is 8.78 Å². The lowest BCUT2D eigenvalue weighted by Gasteiger charge is -2.35. The summed E-state index contributed by atoms with van der Waals surface area (Å²) in [7, 11) is 1.62. The molecule has 1 N–H and O–H groups in total. The quantitative estimate of drug-likeness (QED) is 0.618. The van der Waals surface area contributed by atoms with Gasteiger partial charge in [0, 0.05) is 12.5 Å². The molecular weight excluding hydrogens is 152 g/mol. The first-order chi connectivity index (χ1) is 5.05. The zero-order valence-electron chi connectivity index (χ0n) is 6.56. The lowest BCUT2D eigenvalue weighted by atomic mass is 10.0. The highest BCUT2D eigenvalue weighted by atomic mass is 19.3. The Morgan fingerprint density at radius 2 is 2.27 bits per heavy atom. The molecule has 0 aromatic heterocycles. The maximum absolute atomic E-state index is 12.6. The molecule has 1 aliphatic heterocycles. The number of likely N-dealkylation sites (N-methyl/N-ethyl adjacent to an activating group) is 1. The van der Waals surface area contributed by atoms with E-state index in [0.29, 0.717) is 6.42 Å². The Labute approximate surface area is 64.8 Å². The van der Waals surface area contributed by atoms with Crippen molar-refractivity contribution < 1.29 is 13.9 Å². The van der Waals surface area contributed by atoms with Crippen molar-refractivity contribution in [1.29, 1.82) is 0 Å². The first kappa shape index (κ1) is 8.87. The second-order valence-electron chi connectivity index (χ2n) is 3.15. The van der Waals surface area contributed by atoms with E-state index >= 15 is 0 Å². The molecule has 0 spiro atoms. The molecule has 0 amide bonds. The Bertz CT molecular complexity index is 140. The van der Waals surface area contributed by atoms with Crippen molar-refractivity contribution in [3.8, 4) is 0 Å². The van der Waals surface area contributed by atoms with Gasteiger partial charge in [-0.25, -0.2) is 8.78 Å². The minimum absolute atomic E-state index is 0.0212. The fourth-order valence-electron chi connectivity index (χ4n) is 1.40. The zero-order chi connectivity index (χ0) is 8.48. The Kier molecular flexibility index (Phi) is 2.44. The summed E-state index contributed by atoms with van der Waals surface area (Å²) in [4.78, 5) is 1.52. The van der Waals surface area contributed by atoms with Gasteiger partial charge in [-0.05, 0) is 13.5 Å². The molecule has 1 heterocycles. The van der Waals surface area contributed by atoms with Crippen molar-refractivity contribution in [2.75, 3.05) is 20.2 Å². The summed E-state index contributed by atoms with van der Waals surface area (Å²) in [5, 5.41) is 8.75. The maximum Gasteiger partial charge on any atom is 0.260 e. The lowest BCUT2D eigenvalue weighted by Crippen LogP contribution is -2.47. The average molecular weight is 165 g/mol. The molecule has 1 rings (SSSR count). The first-order valence-corrected chi connectivity index (χ1v) is 3.74. The molecule has 1 atom stereocenters. The zero-order valence-corrected chi connectivity index (χ0v) is 6.56. The summed E-state index contributed by atoms with van der Waals surface area (Å²) >= 11 is 0. The highest BCUT2D eigenvalue weighted by Gasteiger charge is 2.37. The topological polar surface area (TPSA) is 23.5 Å². The van der Waals surface area contributed by atoms with Gasteiger partial charge >= 0.3 is 0 Å². The number of nitrogens with zero attached hydrogens (tertiary/aromatic N) is 1. The molecule has 1 fully saturated rings. The number of hydrogen-bond acceptors (Lipinski definition) is 2. The minimum atomic E-state index is -2.56. The van der Waals surface area contributed by atoms with Gasteiger partial charge in [-0.2, -0.15) is 0 Å². The van der Waals surface area contributed by atoms with Crippen molar-refractivity contribution in [2.45, 2.75) is 24.8 Å². The second kappa shape index (κ2) is 3.03. The van der Waals surface area contributed by atoms with Crippen LogP contribution >= 0.6 is 0 Å². The van der Waals surface area contributed by atoms with E-state index in [1.54, 1.807) is 7.05 Å². The molecule has 4 heteroatoms. The second-order valence-corrected chi connectivity index (χ2v) is 3.15. The van der Waals surface area contributed by atoms with Crippen LogP contribution in [-0.4, -0.2) is 42.2 Å². The molecular formula is C7H13F2NO. The number of alkyl halides is 2. The van der Waals surface area contributed by atoms with Gasteiger partial charge in [0.1, 0.15) is 0 Å². The SMILES string of the molecule is CN1CC(F)(F)CCC1CO. The predicted molar refractivity (Wildman–Crippen MR) is 37.7 cm³/mol. The van der Waals surface area contributed by atoms with E-state index < -0.39 is 5.92 Å². The molecule has 0 bridgehead atoms. The van der Waals surface area contributed by atoms with Crippen molar-refractivity contribution in [3.63, 3.8) is 0 Å². The van der Waals surface area contributed by atoms with Crippen LogP contribution in [0.5, 0.6) is 0 Å². The summed E-state index contributed by atoms with van der Waals surface area (Å²) < 4.78 is 25.3. The van der Waals surface area contributed by atoms with E-state index in [0.717, 1.165) is 0 Å². The number of hydrogen-bond donors (Lipinski definition) is 1. The highest BCUT2D eigenvalue weighted by Crippen LogP contribution is 2.28. The minimum Gasteiger partial charge on any atom is -0.395 e. The van der Waals surface area contributed by atoms with Crippen LogP contribution in [0.3, 0.4) is 0 Å². The molecule has 1 unspecified atom stereocenters. The van der Waals surface area contributed by atoms with Crippen LogP contribution in [0.15, 0.2) is 0 Å². The van der Waals surface area contributed by atoms with Gasteiger partial charge in [0.05, 0.1) is 13.2 Å². The molecule has 0 aromatic rings. The summed E-state index contributed by atoms with van der Waals surface area (Å²) in [5.74, 6) is -2.56. The monoisotopic (exact) mass is 165 g/mol. The van der Waals surface area contributed by atoms with Crippen LogP contribution in [-0.2, 0) is 0 Å². The van der Waals surface area contributed by atoms with E-state index in [2.05, 4.69) is 0 Å². The van der Waals surface area contributed by atoms with Crippen LogP contribution in [0.2, 0.25) is 0 Å². The van der Waals surface area contributed by atoms with Crippen LogP contribution in [0.25, 0.3) is 0 Å². The Hall–Kier alpha value is -0.220. The summed E-state index contributed by atoms with van der Waals surface area (Å²) in [6.07, 6.45) is 0.294. The molecule has 11 heavy (non-hydrogen) atoms. The smallest absolute Gasteiger partial charge is 0.260 e. The molecule has 1 saturated heterocycles. The molecule has 66 valence electrons. The van der Waals surface area contributed by atoms with Crippen LogP contribution < -0.4 is 0 Å². The standard InChI is InChI=1S/C7H13F2NO/c1-10-5-7(8,9)3-2-6(10)4-11/h6,11H,2-5H2,1H3. The number of rotatable bonds is 1. The van der Waals surface area contributed by atoms with E-state index in [-0.39, 0.29) is 25.6 Å². The third kappa shape index (κ3) is 2.10. The molecule has 1 aliphatic rings. The third-order valence-electron chi connectivity index (χ3n) is 2.16. The average Bonchev–Trinajstić information content (AvgIpc) is 1.86. The van der Waals surface area contributed by atoms with Crippen molar-refractivity contribution >= 4 is 0 Å². The van der Waals surface area contributed by atoms with Gasteiger partial charge in [-0.1, -0.05) is 0 Å². The third-order valence-corrected chi connectivity index (χ3v) is 2.16. The van der Waals surface area contributed by atoms with E-state index in [4.69, 9.17) is 5.11 Å². The van der Waals surface area contributed by atoms with Crippen molar-refractivity contribution in [1.82, 2.24) is 4.90 Å². The normalized spacial score (nSPS) is 32.2. The van der Waals surface area contributed by atoms with Crippen LogP contribution in [0.1, 0.15) is 12.8 Å². The fourth-order valence-corrected chi connectivity index (χ4v) is 1.40. The predicted octanol–water partition coefficient (Wildman–Crippen LogP) is 0.708. The van der Waals surface area contributed by atoms with Gasteiger partial charge in [0.2, 0.25) is 0 Å². The molecule has 0 saturated carbocycles. The summed E-state index contributed by atoms with van der Waals surface area (Å²) in [5.41, 5.74) is 0. The van der Waals surface area contributed by atoms with Gasteiger partial charge < -0.3 is 5.11 Å². The highest BCUT2D eigenvalue weighted by molar-refractivity contribution is 4.83. The largest absolute Gasteiger partial charge is 0.395 e. The number of halogens is 2. The van der Waals surface area contributed by atoms with Gasteiger partial charge in [-0.15, -0.1) is 0 Å². The Morgan fingerprint density at radius 3 is 2.73 bits per heavy atom. The van der Waals surface area contributed by atoms with Crippen LogP contribution in [0.4, 0.5) is 8.78 Å². The van der Waals surface area contributed by atoms with Gasteiger partial charge in [0.15, 0.2) is 0 Å². The lowest BCUT2D eigenvalue weighted by molar-refractivity contribution is -0.0815. The summed E-state index contributed by atoms with van der Waals surface area (Å²) in [6.45, 7) is -0.245. The number of aliphatic hydroxyl groups is 1. The Balaban J connectivity index is 2.48. The van der Waals surface area contributed by atoms with Gasteiger partial charge in [-0.3, -0.25) is 4.90 Å². The molecule has 0 radical (unpaired) electrons. The van der Waals surface area contributed by atoms with Gasteiger partial charge in [0.25, 0.3) is 5.92 Å². The maximum atomic E-state index is 12.6. The number of likely N-dealkylation sites (tertiary alicyclic amines) is 1. The first-order valence-electron chi connectivity index (χ1n) is 3.74. The fraction of sp³-hybridized carbons (Fsp3) is 1.00. The molecule has 0 aromatic carbocycles. The molecule has 2 nitrogen and oxygen atoms in total. The summed E-state index contributed by atoms with van der Waals surface area (Å²) in [6, 6.07) is -0.0744. The number of aliphatic hydroxyl groups excluding tert-OH is 1. The van der Waals surface area contributed by atoms with Crippen LogP contribution in [0, 0.1) is 0 Å². The van der Waals surface area contributed by atoms with E-state index in [1.807, 2.05) is 0 Å². The Morgan fingerprint density at radius 1 is 1.64 bits per heavy atom. The molecule has 0 aliphatic carbocycles. The van der Waals surface area contributed by atoms with E-state index in [1.165, 1.54) is 4.90 Å². The van der Waals surface area contributed by atoms with Crippen molar-refractivity contribution in [2.24, 2.45) is 0 Å². The number of piperidine rings is 1. The van der Waals surface area contributed by atoms with Crippen molar-refractivity contribution in [3.05, 3.63) is 0 Å².